The molecule has 4 aromatic heterocycles. The van der Waals surface area contributed by atoms with Crippen molar-refractivity contribution in [1.82, 2.24) is 24.5 Å². The van der Waals surface area contributed by atoms with Crippen molar-refractivity contribution in [2.24, 2.45) is 5.73 Å². The van der Waals surface area contributed by atoms with Crippen molar-refractivity contribution >= 4 is 55.0 Å². The lowest BCUT2D eigenvalue weighted by molar-refractivity contribution is -0.116. The molecule has 13 heteroatoms. The van der Waals surface area contributed by atoms with E-state index in [0.717, 1.165) is 32.9 Å². The van der Waals surface area contributed by atoms with Gasteiger partial charge in [0.1, 0.15) is 21.9 Å². The van der Waals surface area contributed by atoms with Crippen LogP contribution in [-0.2, 0) is 17.9 Å². The van der Waals surface area contributed by atoms with Crippen molar-refractivity contribution < 1.29 is 18.4 Å². The average Bonchev–Trinajstić information content (AvgIpc) is 3.43. The molecule has 0 aromatic carbocycles. The molecule has 9 nitrogen and oxygen atoms in total. The van der Waals surface area contributed by atoms with Crippen LogP contribution in [0.3, 0.4) is 0 Å². The largest absolute Gasteiger partial charge is 0.365 e. The maximum absolute atomic E-state index is 13.7. The number of aromatic nitrogens is 5. The van der Waals surface area contributed by atoms with E-state index in [2.05, 4.69) is 36.4 Å². The second-order valence-electron chi connectivity index (χ2n) is 7.90. The number of rotatable bonds is 7. The van der Waals surface area contributed by atoms with Crippen LogP contribution < -0.4 is 11.1 Å². The monoisotopic (exact) mass is 565 g/mol. The number of aryl methyl sites for hydroxylation is 2. The van der Waals surface area contributed by atoms with Gasteiger partial charge in [-0.1, -0.05) is 0 Å². The van der Waals surface area contributed by atoms with E-state index in [1.54, 1.807) is 17.8 Å². The van der Waals surface area contributed by atoms with Crippen molar-refractivity contribution in [3.05, 3.63) is 44.4 Å². The Labute approximate surface area is 211 Å². The summed E-state index contributed by atoms with van der Waals surface area (Å²) in [6.45, 7) is 7.81. The topological polar surface area (TPSA) is 121 Å². The first-order valence-corrected chi connectivity index (χ1v) is 12.2. The molecule has 35 heavy (non-hydrogen) atoms. The van der Waals surface area contributed by atoms with E-state index >= 15 is 0 Å². The molecule has 4 heterocycles. The summed E-state index contributed by atoms with van der Waals surface area (Å²) in [6, 6.07) is 1.27. The number of amides is 2. The normalized spacial score (nSPS) is 11.5. The summed E-state index contributed by atoms with van der Waals surface area (Å²) in [7, 11) is 0. The zero-order valence-corrected chi connectivity index (χ0v) is 21.7. The van der Waals surface area contributed by atoms with Gasteiger partial charge in [-0.05, 0) is 55.3 Å². The molecule has 0 bridgehead atoms. The molecule has 0 aliphatic carbocycles. The zero-order valence-electron chi connectivity index (χ0n) is 19.3. The van der Waals surface area contributed by atoms with E-state index in [4.69, 9.17) is 5.73 Å². The molecule has 0 aliphatic rings. The van der Waals surface area contributed by atoms with Gasteiger partial charge in [0.05, 0.1) is 27.7 Å². The Kier molecular flexibility index (Phi) is 6.73. The standard InChI is InChI=1S/C22H22BrF2N7O2S/c1-5-31-10(3)13(7-27-31)12-6-14(20(24)25)28-22-16(12)18(19(35-22)21(26)34)29-15(33)8-32-11(4)17(23)9(2)30-32/h6-7,20H,5,8H2,1-4H3,(H2,26,34)(H,29,33). The summed E-state index contributed by atoms with van der Waals surface area (Å²) < 4.78 is 31.4. The molecule has 0 saturated carbocycles. The number of alkyl halides is 2. The van der Waals surface area contributed by atoms with E-state index in [9.17, 15) is 18.4 Å². The number of fused-ring (bicyclic) bond motifs is 1. The van der Waals surface area contributed by atoms with Crippen LogP contribution in [0, 0.1) is 20.8 Å². The van der Waals surface area contributed by atoms with Gasteiger partial charge in [-0.3, -0.25) is 19.0 Å². The summed E-state index contributed by atoms with van der Waals surface area (Å²) in [5.41, 5.74) is 8.50. The lowest BCUT2D eigenvalue weighted by Crippen LogP contribution is -2.22. The number of nitrogens with one attached hydrogen (secondary N) is 1. The van der Waals surface area contributed by atoms with E-state index < -0.39 is 23.9 Å². The summed E-state index contributed by atoms with van der Waals surface area (Å²) in [5, 5.41) is 11.8. The highest BCUT2D eigenvalue weighted by atomic mass is 79.9. The maximum atomic E-state index is 13.7. The maximum Gasteiger partial charge on any atom is 0.280 e. The molecule has 4 rings (SSSR count). The molecule has 0 unspecified atom stereocenters. The molecule has 184 valence electrons. The van der Waals surface area contributed by atoms with Crippen LogP contribution in [0.5, 0.6) is 0 Å². The van der Waals surface area contributed by atoms with Crippen LogP contribution in [-0.4, -0.2) is 36.4 Å². The van der Waals surface area contributed by atoms with E-state index in [0.29, 0.717) is 23.1 Å². The summed E-state index contributed by atoms with van der Waals surface area (Å²) in [6.07, 6.45) is -1.26. The van der Waals surface area contributed by atoms with Crippen LogP contribution in [0.15, 0.2) is 16.7 Å². The molecule has 0 atom stereocenters. The third-order valence-electron chi connectivity index (χ3n) is 5.67. The van der Waals surface area contributed by atoms with Gasteiger partial charge in [0.15, 0.2) is 0 Å². The van der Waals surface area contributed by atoms with Gasteiger partial charge in [0, 0.05) is 23.2 Å². The van der Waals surface area contributed by atoms with Gasteiger partial charge < -0.3 is 11.1 Å². The van der Waals surface area contributed by atoms with Gasteiger partial charge in [-0.2, -0.15) is 10.2 Å². The molecule has 0 aliphatic heterocycles. The summed E-state index contributed by atoms with van der Waals surface area (Å²) >= 11 is 4.29. The molecule has 0 fully saturated rings. The summed E-state index contributed by atoms with van der Waals surface area (Å²) in [4.78, 5) is 29.5. The molecule has 4 aromatic rings. The van der Waals surface area contributed by atoms with Crippen LogP contribution >= 0.6 is 27.3 Å². The number of pyridine rings is 1. The quantitative estimate of drug-likeness (QED) is 0.335. The van der Waals surface area contributed by atoms with Gasteiger partial charge in [-0.25, -0.2) is 13.8 Å². The fourth-order valence-corrected chi connectivity index (χ4v) is 5.21. The molecule has 0 radical (unpaired) electrons. The van der Waals surface area contributed by atoms with Crippen LogP contribution in [0.2, 0.25) is 0 Å². The van der Waals surface area contributed by atoms with Crippen molar-refractivity contribution in [3.63, 3.8) is 0 Å². The Morgan fingerprint density at radius 1 is 1.20 bits per heavy atom. The Balaban J connectivity index is 1.89. The zero-order chi connectivity index (χ0) is 25.6. The third kappa shape index (κ3) is 4.45. The highest BCUT2D eigenvalue weighted by Gasteiger charge is 2.26. The Hall–Kier alpha value is -3.19. The first kappa shape index (κ1) is 24.9. The predicted molar refractivity (Wildman–Crippen MR) is 133 cm³/mol. The van der Waals surface area contributed by atoms with Crippen molar-refractivity contribution in [2.75, 3.05) is 5.32 Å². The highest BCUT2D eigenvalue weighted by Crippen LogP contribution is 2.43. The predicted octanol–water partition coefficient (Wildman–Crippen LogP) is 4.74. The molecule has 3 N–H and O–H groups in total. The average molecular weight is 566 g/mol. The number of primary amides is 1. The number of carbonyl (C=O) groups is 2. The first-order valence-electron chi connectivity index (χ1n) is 10.6. The fraction of sp³-hybridized carbons (Fsp3) is 0.318. The Morgan fingerprint density at radius 3 is 2.46 bits per heavy atom. The van der Waals surface area contributed by atoms with Crippen molar-refractivity contribution in [2.45, 2.75) is 47.2 Å². The van der Waals surface area contributed by atoms with Crippen LogP contribution in [0.25, 0.3) is 21.3 Å². The van der Waals surface area contributed by atoms with Gasteiger partial charge in [-0.15, -0.1) is 11.3 Å². The van der Waals surface area contributed by atoms with E-state index in [-0.39, 0.29) is 21.9 Å². The Morgan fingerprint density at radius 2 is 1.91 bits per heavy atom. The van der Waals surface area contributed by atoms with E-state index in [1.807, 2.05) is 20.8 Å². The number of hydrogen-bond acceptors (Lipinski definition) is 6. The number of carbonyl (C=O) groups excluding carboxylic acids is 2. The molecule has 2 amide bonds. The van der Waals surface area contributed by atoms with Crippen LogP contribution in [0.1, 0.15) is 45.8 Å². The lowest BCUT2D eigenvalue weighted by Gasteiger charge is -2.11. The van der Waals surface area contributed by atoms with Gasteiger partial charge in [0.2, 0.25) is 5.91 Å². The molecular weight excluding hydrogens is 544 g/mol. The number of halogens is 3. The van der Waals surface area contributed by atoms with E-state index in [1.165, 1.54) is 10.7 Å². The van der Waals surface area contributed by atoms with Gasteiger partial charge in [0.25, 0.3) is 12.3 Å². The smallest absolute Gasteiger partial charge is 0.280 e. The Bertz CT molecular complexity index is 1470. The molecular formula is C22H22BrF2N7O2S. The van der Waals surface area contributed by atoms with Gasteiger partial charge >= 0.3 is 0 Å². The second-order valence-corrected chi connectivity index (χ2v) is 9.69. The number of hydrogen-bond donors (Lipinski definition) is 2. The SMILES string of the molecule is CCn1ncc(-c2cc(C(F)F)nc3sc(C(N)=O)c(NC(=O)Cn4nc(C)c(Br)c4C)c23)c1C. The highest BCUT2D eigenvalue weighted by molar-refractivity contribution is 9.10. The van der Waals surface area contributed by atoms with Crippen LogP contribution in [0.4, 0.5) is 14.5 Å². The molecule has 0 saturated heterocycles. The van der Waals surface area contributed by atoms with Crippen molar-refractivity contribution in [3.8, 4) is 11.1 Å². The number of thiophene rings is 1. The lowest BCUT2D eigenvalue weighted by atomic mass is 10.0. The third-order valence-corrected chi connectivity index (χ3v) is 7.92. The minimum absolute atomic E-state index is 0.0172. The number of nitrogens with zero attached hydrogens (tertiary/aromatic N) is 5. The minimum Gasteiger partial charge on any atom is -0.365 e. The van der Waals surface area contributed by atoms with Crippen molar-refractivity contribution in [1.29, 1.82) is 0 Å². The first-order chi connectivity index (χ1) is 16.5. The molecule has 0 spiro atoms. The number of anilines is 1. The fourth-order valence-electron chi connectivity index (χ4n) is 3.91. The number of nitrogens with two attached hydrogens (primary N) is 1. The summed E-state index contributed by atoms with van der Waals surface area (Å²) in [5.74, 6) is -1.27. The minimum atomic E-state index is -2.83. The second kappa shape index (κ2) is 9.46.